The molecule has 0 unspecified atom stereocenters. The van der Waals surface area contributed by atoms with E-state index in [0.29, 0.717) is 19.5 Å². The Morgan fingerprint density at radius 3 is 2.12 bits per heavy atom. The molecule has 0 amide bonds. The van der Waals surface area contributed by atoms with E-state index < -0.39 is 0 Å². The van der Waals surface area contributed by atoms with Crippen LogP contribution in [0.1, 0.15) is 33.6 Å². The fraction of sp³-hybridized carbons (Fsp3) is 0.769. The third-order valence-corrected chi connectivity index (χ3v) is 2.39. The summed E-state index contributed by atoms with van der Waals surface area (Å²) in [5.74, 6) is 0.286. The average Bonchev–Trinajstić information content (AvgIpc) is 2.15. The largest absolute Gasteiger partial charge is 0.395 e. The number of allylic oxidation sites excluding steroid dienone is 2. The molecule has 1 aliphatic rings. The summed E-state index contributed by atoms with van der Waals surface area (Å²) in [6.45, 7) is 7.72. The highest BCUT2D eigenvalue weighted by Crippen LogP contribution is 2.32. The first-order chi connectivity index (χ1) is 7.91. The normalized spacial score (nSPS) is 18.2. The summed E-state index contributed by atoms with van der Waals surface area (Å²) in [6.07, 6.45) is 3.55. The molecular weight excluding hydrogens is 218 g/mol. The molecule has 0 aromatic carbocycles. The number of aliphatic hydroxyl groups is 2. The number of nitrogens with one attached hydrogen (secondary N) is 1. The number of carbonyl (C=O) groups excluding carboxylic acids is 1. The van der Waals surface area contributed by atoms with Gasteiger partial charge in [0, 0.05) is 19.5 Å². The van der Waals surface area contributed by atoms with E-state index in [9.17, 15) is 4.79 Å². The van der Waals surface area contributed by atoms with E-state index in [1.807, 2.05) is 6.92 Å². The predicted octanol–water partition coefficient (Wildman–Crippen LogP) is 0.882. The zero-order valence-corrected chi connectivity index (χ0v) is 11.1. The van der Waals surface area contributed by atoms with Gasteiger partial charge in [-0.3, -0.25) is 4.79 Å². The number of aliphatic hydroxyl groups excluding tert-OH is 2. The van der Waals surface area contributed by atoms with Crippen molar-refractivity contribution in [3.63, 3.8) is 0 Å². The van der Waals surface area contributed by atoms with E-state index in [2.05, 4.69) is 19.2 Å². The number of hydrogen-bond donors (Lipinski definition) is 3. The molecule has 0 aromatic heterocycles. The highest BCUT2D eigenvalue weighted by atomic mass is 16.3. The monoisotopic (exact) mass is 243 g/mol. The topological polar surface area (TPSA) is 69.6 Å². The van der Waals surface area contributed by atoms with E-state index in [0.717, 1.165) is 6.42 Å². The SMILES string of the molecule is CC1=CC(=O)CC(C)(C)C1.OCCNCCO. The summed E-state index contributed by atoms with van der Waals surface area (Å²) < 4.78 is 0. The molecule has 100 valence electrons. The maximum atomic E-state index is 11.0. The van der Waals surface area contributed by atoms with Crippen LogP contribution in [-0.4, -0.2) is 42.3 Å². The minimum absolute atomic E-state index is 0.139. The molecule has 0 saturated carbocycles. The van der Waals surface area contributed by atoms with Gasteiger partial charge in [-0.2, -0.15) is 0 Å². The third kappa shape index (κ3) is 9.03. The molecular formula is C13H25NO3. The second-order valence-electron chi connectivity index (χ2n) is 5.17. The Labute approximate surface area is 104 Å². The molecule has 1 rings (SSSR count). The molecule has 4 nitrogen and oxygen atoms in total. The smallest absolute Gasteiger partial charge is 0.156 e. The van der Waals surface area contributed by atoms with Crippen LogP contribution in [0.5, 0.6) is 0 Å². The zero-order chi connectivity index (χ0) is 13.3. The van der Waals surface area contributed by atoms with Crippen LogP contribution in [0.3, 0.4) is 0 Å². The maximum Gasteiger partial charge on any atom is 0.156 e. The first-order valence-electron chi connectivity index (χ1n) is 6.04. The van der Waals surface area contributed by atoms with Gasteiger partial charge in [0.15, 0.2) is 5.78 Å². The lowest BCUT2D eigenvalue weighted by Crippen LogP contribution is -2.21. The Morgan fingerprint density at radius 1 is 1.24 bits per heavy atom. The van der Waals surface area contributed by atoms with E-state index in [-0.39, 0.29) is 24.4 Å². The summed E-state index contributed by atoms with van der Waals surface area (Å²) in [7, 11) is 0. The van der Waals surface area contributed by atoms with Gasteiger partial charge in [0.1, 0.15) is 0 Å². The molecule has 0 bridgehead atoms. The van der Waals surface area contributed by atoms with Gasteiger partial charge in [-0.25, -0.2) is 0 Å². The minimum Gasteiger partial charge on any atom is -0.395 e. The zero-order valence-electron chi connectivity index (χ0n) is 11.1. The standard InChI is InChI=1S/C9H14O.C4H11NO2/c1-7-4-8(10)6-9(2,3)5-7;6-3-1-5-2-4-7/h4H,5-6H2,1-3H3;5-7H,1-4H2. The Morgan fingerprint density at radius 2 is 1.76 bits per heavy atom. The first-order valence-corrected chi connectivity index (χ1v) is 6.04. The maximum absolute atomic E-state index is 11.0. The molecule has 1 aliphatic carbocycles. The van der Waals surface area contributed by atoms with Gasteiger partial charge in [0.05, 0.1) is 13.2 Å². The van der Waals surface area contributed by atoms with Gasteiger partial charge in [-0.15, -0.1) is 0 Å². The quantitative estimate of drug-likeness (QED) is 0.641. The van der Waals surface area contributed by atoms with Crippen LogP contribution < -0.4 is 5.32 Å². The van der Waals surface area contributed by atoms with Crippen molar-refractivity contribution >= 4 is 5.78 Å². The summed E-state index contributed by atoms with van der Waals surface area (Å²) in [6, 6.07) is 0. The summed E-state index contributed by atoms with van der Waals surface area (Å²) in [4.78, 5) is 11.0. The van der Waals surface area contributed by atoms with Crippen molar-refractivity contribution in [2.45, 2.75) is 33.6 Å². The fourth-order valence-electron chi connectivity index (χ4n) is 1.95. The van der Waals surface area contributed by atoms with Crippen molar-refractivity contribution in [3.05, 3.63) is 11.6 Å². The highest BCUT2D eigenvalue weighted by Gasteiger charge is 2.25. The lowest BCUT2D eigenvalue weighted by molar-refractivity contribution is -0.117. The lowest BCUT2D eigenvalue weighted by atomic mass is 9.77. The van der Waals surface area contributed by atoms with Gasteiger partial charge < -0.3 is 15.5 Å². The van der Waals surface area contributed by atoms with Gasteiger partial charge in [-0.05, 0) is 24.8 Å². The predicted molar refractivity (Wildman–Crippen MR) is 68.8 cm³/mol. The Hall–Kier alpha value is -0.710. The van der Waals surface area contributed by atoms with Crippen molar-refractivity contribution in [2.24, 2.45) is 5.41 Å². The minimum atomic E-state index is 0.139. The second-order valence-corrected chi connectivity index (χ2v) is 5.17. The van der Waals surface area contributed by atoms with Gasteiger partial charge >= 0.3 is 0 Å². The van der Waals surface area contributed by atoms with Gasteiger partial charge in [-0.1, -0.05) is 19.4 Å². The van der Waals surface area contributed by atoms with Crippen molar-refractivity contribution in [1.82, 2.24) is 5.32 Å². The summed E-state index contributed by atoms with van der Waals surface area (Å²) in [5.41, 5.74) is 1.43. The van der Waals surface area contributed by atoms with Gasteiger partial charge in [0.2, 0.25) is 0 Å². The summed E-state index contributed by atoms with van der Waals surface area (Å²) >= 11 is 0. The number of hydrogen-bond acceptors (Lipinski definition) is 4. The van der Waals surface area contributed by atoms with Crippen LogP contribution in [0.15, 0.2) is 11.6 Å². The molecule has 0 radical (unpaired) electrons. The van der Waals surface area contributed by atoms with Crippen molar-refractivity contribution in [1.29, 1.82) is 0 Å². The molecule has 0 fully saturated rings. The molecule has 0 aromatic rings. The molecule has 0 heterocycles. The van der Waals surface area contributed by atoms with Crippen LogP contribution in [-0.2, 0) is 4.79 Å². The molecule has 17 heavy (non-hydrogen) atoms. The molecule has 0 atom stereocenters. The Kier molecular flexibility index (Phi) is 8.04. The molecule has 3 N–H and O–H groups in total. The number of ketones is 1. The van der Waals surface area contributed by atoms with E-state index in [1.54, 1.807) is 6.08 Å². The lowest BCUT2D eigenvalue weighted by Gasteiger charge is -2.27. The Balaban J connectivity index is 0.000000325. The number of rotatable bonds is 4. The molecule has 0 saturated heterocycles. The van der Waals surface area contributed by atoms with Crippen LogP contribution in [0.4, 0.5) is 0 Å². The third-order valence-electron chi connectivity index (χ3n) is 2.39. The second kappa shape index (κ2) is 8.39. The number of carbonyl (C=O) groups is 1. The van der Waals surface area contributed by atoms with Crippen LogP contribution in [0.25, 0.3) is 0 Å². The van der Waals surface area contributed by atoms with Gasteiger partial charge in [0.25, 0.3) is 0 Å². The first kappa shape index (κ1) is 16.3. The van der Waals surface area contributed by atoms with Crippen LogP contribution in [0.2, 0.25) is 0 Å². The summed E-state index contributed by atoms with van der Waals surface area (Å²) in [5, 5.41) is 19.1. The van der Waals surface area contributed by atoms with Crippen LogP contribution in [0, 0.1) is 5.41 Å². The van der Waals surface area contributed by atoms with E-state index in [1.165, 1.54) is 5.57 Å². The fourth-order valence-corrected chi connectivity index (χ4v) is 1.95. The molecule has 0 spiro atoms. The van der Waals surface area contributed by atoms with E-state index >= 15 is 0 Å². The van der Waals surface area contributed by atoms with Crippen molar-refractivity contribution in [3.8, 4) is 0 Å². The Bertz CT molecular complexity index is 255. The van der Waals surface area contributed by atoms with E-state index in [4.69, 9.17) is 10.2 Å². The van der Waals surface area contributed by atoms with Crippen molar-refractivity contribution < 1.29 is 15.0 Å². The highest BCUT2D eigenvalue weighted by molar-refractivity contribution is 5.91. The molecule has 4 heteroatoms. The van der Waals surface area contributed by atoms with Crippen molar-refractivity contribution in [2.75, 3.05) is 26.3 Å². The average molecular weight is 243 g/mol. The van der Waals surface area contributed by atoms with Crippen LogP contribution >= 0.6 is 0 Å². The molecule has 0 aliphatic heterocycles.